The summed E-state index contributed by atoms with van der Waals surface area (Å²) in [5, 5.41) is 2.93. The van der Waals surface area contributed by atoms with Gasteiger partial charge < -0.3 is 19.7 Å². The summed E-state index contributed by atoms with van der Waals surface area (Å²) in [6.45, 7) is 0.200. The van der Waals surface area contributed by atoms with E-state index in [1.807, 2.05) is 0 Å². The van der Waals surface area contributed by atoms with Gasteiger partial charge in [-0.25, -0.2) is 13.8 Å². The van der Waals surface area contributed by atoms with Crippen molar-refractivity contribution in [3.8, 4) is 0 Å². The van der Waals surface area contributed by atoms with Crippen LogP contribution < -0.4 is 10.6 Å². The maximum atomic E-state index is 13.8. The molecule has 0 aliphatic carbocycles. The SMILES string of the molecule is NC1CN(c2nc3ccc(F)cc3n2Cc2nc(C(F)(F)F)no2)CCC1F. The molecule has 150 valence electrons. The van der Waals surface area contributed by atoms with Crippen molar-refractivity contribution in [2.45, 2.75) is 31.4 Å². The second kappa shape index (κ2) is 6.69. The molecule has 0 spiro atoms. The van der Waals surface area contributed by atoms with Crippen molar-refractivity contribution in [3.63, 3.8) is 0 Å². The monoisotopic (exact) mass is 402 g/mol. The summed E-state index contributed by atoms with van der Waals surface area (Å²) < 4.78 is 71.8. The summed E-state index contributed by atoms with van der Waals surface area (Å²) in [6, 6.07) is 3.13. The molecule has 1 saturated heterocycles. The van der Waals surface area contributed by atoms with E-state index in [1.165, 1.54) is 22.8 Å². The zero-order chi connectivity index (χ0) is 20.1. The van der Waals surface area contributed by atoms with Gasteiger partial charge in [-0.2, -0.15) is 18.2 Å². The highest BCUT2D eigenvalue weighted by atomic mass is 19.4. The molecule has 3 aromatic rings. The van der Waals surface area contributed by atoms with Crippen LogP contribution in [0.15, 0.2) is 22.7 Å². The smallest absolute Gasteiger partial charge is 0.340 e. The van der Waals surface area contributed by atoms with Gasteiger partial charge in [-0.3, -0.25) is 0 Å². The van der Waals surface area contributed by atoms with Gasteiger partial charge >= 0.3 is 6.18 Å². The number of fused-ring (bicyclic) bond motifs is 1. The standard InChI is InChI=1S/C16H15F5N6O/c17-8-1-2-11-12(5-8)27(7-13-24-14(25-28-13)16(19,20)21)15(23-11)26-4-3-9(18)10(22)6-26/h1-2,5,9-10H,3-4,6-7,22H2. The number of anilines is 1. The lowest BCUT2D eigenvalue weighted by molar-refractivity contribution is -0.146. The Bertz CT molecular complexity index is 999. The quantitative estimate of drug-likeness (QED) is 0.678. The van der Waals surface area contributed by atoms with Crippen LogP contribution in [0.2, 0.25) is 0 Å². The molecule has 2 N–H and O–H groups in total. The molecule has 12 heteroatoms. The molecule has 1 aliphatic heterocycles. The first kappa shape index (κ1) is 18.6. The summed E-state index contributed by atoms with van der Waals surface area (Å²) in [6.07, 6.45) is -5.72. The third-order valence-electron chi connectivity index (χ3n) is 4.56. The third-order valence-corrected chi connectivity index (χ3v) is 4.56. The molecule has 1 fully saturated rings. The molecular formula is C16H15F5N6O. The highest BCUT2D eigenvalue weighted by molar-refractivity contribution is 5.79. The molecule has 1 aromatic carbocycles. The Morgan fingerprint density at radius 2 is 2.04 bits per heavy atom. The van der Waals surface area contributed by atoms with E-state index >= 15 is 0 Å². The molecular weight excluding hydrogens is 387 g/mol. The average molecular weight is 402 g/mol. The molecule has 2 unspecified atom stereocenters. The number of imidazole rings is 1. The van der Waals surface area contributed by atoms with Crippen LogP contribution in [0.3, 0.4) is 0 Å². The summed E-state index contributed by atoms with van der Waals surface area (Å²) in [5.74, 6) is -1.95. The first-order chi connectivity index (χ1) is 13.2. The van der Waals surface area contributed by atoms with Crippen molar-refractivity contribution in [1.29, 1.82) is 0 Å². The van der Waals surface area contributed by atoms with E-state index in [-0.39, 0.29) is 25.4 Å². The Morgan fingerprint density at radius 3 is 2.71 bits per heavy atom. The second-order valence-electron chi connectivity index (χ2n) is 6.56. The Morgan fingerprint density at radius 1 is 1.25 bits per heavy atom. The number of piperidine rings is 1. The fourth-order valence-electron chi connectivity index (χ4n) is 3.18. The number of benzene rings is 1. The second-order valence-corrected chi connectivity index (χ2v) is 6.56. The number of alkyl halides is 4. The highest BCUT2D eigenvalue weighted by Crippen LogP contribution is 2.29. The number of hydrogen-bond donors (Lipinski definition) is 1. The topological polar surface area (TPSA) is 86.0 Å². The van der Waals surface area contributed by atoms with Gasteiger partial charge in [0.1, 0.15) is 18.5 Å². The molecule has 0 amide bonds. The van der Waals surface area contributed by atoms with Crippen LogP contribution in [-0.4, -0.2) is 45.0 Å². The fourth-order valence-corrected chi connectivity index (χ4v) is 3.18. The van der Waals surface area contributed by atoms with Gasteiger partial charge in [-0.15, -0.1) is 0 Å². The number of hydrogen-bond acceptors (Lipinski definition) is 6. The number of aromatic nitrogens is 4. The number of rotatable bonds is 3. The molecule has 3 heterocycles. The van der Waals surface area contributed by atoms with Crippen molar-refractivity contribution in [1.82, 2.24) is 19.7 Å². The van der Waals surface area contributed by atoms with Gasteiger partial charge in [-0.05, 0) is 24.6 Å². The predicted octanol–water partition coefficient (Wildman–Crippen LogP) is 2.50. The van der Waals surface area contributed by atoms with Crippen LogP contribution in [0.4, 0.5) is 27.9 Å². The van der Waals surface area contributed by atoms with Crippen LogP contribution in [0.5, 0.6) is 0 Å². The Hall–Kier alpha value is -2.76. The molecule has 0 bridgehead atoms. The molecule has 7 nitrogen and oxygen atoms in total. The van der Waals surface area contributed by atoms with E-state index in [2.05, 4.69) is 15.1 Å². The van der Waals surface area contributed by atoms with Crippen LogP contribution >= 0.6 is 0 Å². The first-order valence-electron chi connectivity index (χ1n) is 8.42. The van der Waals surface area contributed by atoms with E-state index in [4.69, 9.17) is 10.3 Å². The van der Waals surface area contributed by atoms with Crippen molar-refractivity contribution in [2.75, 3.05) is 18.0 Å². The van der Waals surface area contributed by atoms with Crippen LogP contribution in [0, 0.1) is 5.82 Å². The molecule has 0 radical (unpaired) electrons. The van der Waals surface area contributed by atoms with E-state index in [9.17, 15) is 22.0 Å². The maximum Gasteiger partial charge on any atom is 0.455 e. The largest absolute Gasteiger partial charge is 0.455 e. The lowest BCUT2D eigenvalue weighted by Crippen LogP contribution is -2.50. The van der Waals surface area contributed by atoms with Crippen LogP contribution in [0.25, 0.3) is 11.0 Å². The Labute approximate surface area is 154 Å². The summed E-state index contributed by atoms with van der Waals surface area (Å²) in [5.41, 5.74) is 6.55. The molecule has 2 atom stereocenters. The summed E-state index contributed by atoms with van der Waals surface area (Å²) >= 11 is 0. The lowest BCUT2D eigenvalue weighted by atomic mass is 10.1. The first-order valence-corrected chi connectivity index (χ1v) is 8.42. The minimum absolute atomic E-state index is 0.157. The molecule has 0 saturated carbocycles. The normalized spacial score (nSPS) is 20.9. The summed E-state index contributed by atoms with van der Waals surface area (Å²) in [4.78, 5) is 9.48. The molecule has 28 heavy (non-hydrogen) atoms. The van der Waals surface area contributed by atoms with Gasteiger partial charge in [0.15, 0.2) is 0 Å². The van der Waals surface area contributed by atoms with Gasteiger partial charge in [0.05, 0.1) is 17.1 Å². The Balaban J connectivity index is 1.75. The van der Waals surface area contributed by atoms with Crippen molar-refractivity contribution < 1.29 is 26.5 Å². The van der Waals surface area contributed by atoms with Crippen LogP contribution in [-0.2, 0) is 12.7 Å². The van der Waals surface area contributed by atoms with Gasteiger partial charge in [-0.1, -0.05) is 5.16 Å². The molecule has 1 aliphatic rings. The number of halogens is 5. The van der Waals surface area contributed by atoms with Gasteiger partial charge in [0, 0.05) is 13.1 Å². The third kappa shape index (κ3) is 3.39. The average Bonchev–Trinajstić information content (AvgIpc) is 3.23. The molecule has 4 rings (SSSR count). The highest BCUT2D eigenvalue weighted by Gasteiger charge is 2.37. The van der Waals surface area contributed by atoms with Crippen molar-refractivity contribution in [3.05, 3.63) is 35.7 Å². The number of nitrogens with two attached hydrogens (primary N) is 1. The minimum atomic E-state index is -4.75. The minimum Gasteiger partial charge on any atom is -0.340 e. The predicted molar refractivity (Wildman–Crippen MR) is 87.8 cm³/mol. The lowest BCUT2D eigenvalue weighted by Gasteiger charge is -2.33. The van der Waals surface area contributed by atoms with Crippen molar-refractivity contribution >= 4 is 17.0 Å². The fraction of sp³-hybridized carbons (Fsp3) is 0.438. The number of nitrogens with zero attached hydrogens (tertiary/aromatic N) is 5. The van der Waals surface area contributed by atoms with Crippen molar-refractivity contribution in [2.24, 2.45) is 5.73 Å². The van der Waals surface area contributed by atoms with Crippen LogP contribution in [0.1, 0.15) is 18.1 Å². The Kier molecular flexibility index (Phi) is 4.44. The van der Waals surface area contributed by atoms with E-state index in [1.54, 1.807) is 4.90 Å². The zero-order valence-electron chi connectivity index (χ0n) is 14.3. The maximum absolute atomic E-state index is 13.8. The zero-order valence-corrected chi connectivity index (χ0v) is 14.3. The van der Waals surface area contributed by atoms with Gasteiger partial charge in [0.2, 0.25) is 11.8 Å². The van der Waals surface area contributed by atoms with E-state index in [0.717, 1.165) is 0 Å². The summed E-state index contributed by atoms with van der Waals surface area (Å²) in [7, 11) is 0. The van der Waals surface area contributed by atoms with E-state index in [0.29, 0.717) is 23.5 Å². The van der Waals surface area contributed by atoms with Gasteiger partial charge in [0.25, 0.3) is 5.82 Å². The van der Waals surface area contributed by atoms with E-state index < -0.39 is 30.0 Å². The molecule has 2 aromatic heterocycles.